The molecule has 3 heteroatoms. The predicted molar refractivity (Wildman–Crippen MR) is 52.1 cm³/mol. The lowest BCUT2D eigenvalue weighted by atomic mass is 10.0. The molecular formula is C9H13BrO2. The Bertz CT molecular complexity index is 209. The lowest BCUT2D eigenvalue weighted by molar-refractivity contribution is 0.248. The molecule has 2 nitrogen and oxygen atoms in total. The molecule has 0 spiro atoms. The van der Waals surface area contributed by atoms with Gasteiger partial charge in [-0.1, -0.05) is 15.9 Å². The molecular weight excluding hydrogens is 220 g/mol. The summed E-state index contributed by atoms with van der Waals surface area (Å²) in [5.74, 6) is 2.36. The topological polar surface area (TPSA) is 18.5 Å². The van der Waals surface area contributed by atoms with Crippen molar-refractivity contribution < 1.29 is 9.47 Å². The number of halogens is 1. The molecule has 0 saturated carbocycles. The van der Waals surface area contributed by atoms with Gasteiger partial charge in [-0.05, 0) is 12.0 Å². The zero-order valence-electron chi connectivity index (χ0n) is 7.34. The highest BCUT2D eigenvalue weighted by molar-refractivity contribution is 9.09. The maximum atomic E-state index is 5.17. The van der Waals surface area contributed by atoms with Gasteiger partial charge in [0.25, 0.3) is 0 Å². The minimum Gasteiger partial charge on any atom is -0.501 e. The van der Waals surface area contributed by atoms with E-state index < -0.39 is 0 Å². The Morgan fingerprint density at radius 3 is 2.75 bits per heavy atom. The summed E-state index contributed by atoms with van der Waals surface area (Å²) in [4.78, 5) is 0. The molecule has 0 aromatic rings. The van der Waals surface area contributed by atoms with Crippen LogP contribution in [0.4, 0.5) is 0 Å². The van der Waals surface area contributed by atoms with Crippen molar-refractivity contribution in [2.75, 3.05) is 19.5 Å². The van der Waals surface area contributed by atoms with E-state index in [1.165, 1.54) is 0 Å². The molecule has 1 aliphatic rings. The Kier molecular flexibility index (Phi) is 3.66. The van der Waals surface area contributed by atoms with Crippen LogP contribution in [0.15, 0.2) is 23.7 Å². The van der Waals surface area contributed by atoms with E-state index in [2.05, 4.69) is 22.0 Å². The van der Waals surface area contributed by atoms with Crippen molar-refractivity contribution in [3.05, 3.63) is 23.7 Å². The summed E-state index contributed by atoms with van der Waals surface area (Å²) in [6, 6.07) is 0. The minimum absolute atomic E-state index is 0.486. The highest BCUT2D eigenvalue weighted by Gasteiger charge is 2.14. The summed E-state index contributed by atoms with van der Waals surface area (Å²) < 4.78 is 10.3. The third kappa shape index (κ3) is 2.27. The summed E-state index contributed by atoms with van der Waals surface area (Å²) >= 11 is 3.44. The van der Waals surface area contributed by atoms with Crippen LogP contribution in [0.3, 0.4) is 0 Å². The summed E-state index contributed by atoms with van der Waals surface area (Å²) in [5, 5.41) is 0.945. The monoisotopic (exact) mass is 232 g/mol. The fourth-order valence-corrected chi connectivity index (χ4v) is 1.60. The third-order valence-electron chi connectivity index (χ3n) is 1.86. The molecule has 0 fully saturated rings. The van der Waals surface area contributed by atoms with E-state index >= 15 is 0 Å². The molecule has 1 atom stereocenters. The lowest BCUT2D eigenvalue weighted by Gasteiger charge is -2.18. The molecule has 12 heavy (non-hydrogen) atoms. The Balaban J connectivity index is 2.70. The van der Waals surface area contributed by atoms with Gasteiger partial charge in [0, 0.05) is 17.8 Å². The van der Waals surface area contributed by atoms with Crippen molar-refractivity contribution in [2.24, 2.45) is 5.92 Å². The average molecular weight is 233 g/mol. The molecule has 68 valence electrons. The first kappa shape index (κ1) is 9.65. The van der Waals surface area contributed by atoms with E-state index in [-0.39, 0.29) is 0 Å². The molecule has 0 aliphatic heterocycles. The molecule has 1 aliphatic carbocycles. The normalized spacial score (nSPS) is 22.8. The third-order valence-corrected chi connectivity index (χ3v) is 2.69. The van der Waals surface area contributed by atoms with Crippen molar-refractivity contribution in [1.82, 2.24) is 0 Å². The number of methoxy groups -OCH3 is 2. The number of rotatable bonds is 3. The molecule has 0 radical (unpaired) electrons. The number of hydrogen-bond acceptors (Lipinski definition) is 2. The first-order valence-corrected chi connectivity index (χ1v) is 4.98. The molecule has 1 rings (SSSR count). The Hall–Kier alpha value is -0.440. The molecule has 0 bridgehead atoms. The van der Waals surface area contributed by atoms with Crippen molar-refractivity contribution in [3.8, 4) is 0 Å². The maximum absolute atomic E-state index is 5.17. The maximum Gasteiger partial charge on any atom is 0.118 e. The van der Waals surface area contributed by atoms with Gasteiger partial charge in [0.15, 0.2) is 0 Å². The molecule has 0 N–H and O–H groups in total. The average Bonchev–Trinajstić information content (AvgIpc) is 2.16. The van der Waals surface area contributed by atoms with Gasteiger partial charge in [-0.25, -0.2) is 0 Å². The fourth-order valence-electron chi connectivity index (χ4n) is 1.18. The first-order valence-electron chi connectivity index (χ1n) is 3.86. The lowest BCUT2D eigenvalue weighted by Crippen LogP contribution is -2.08. The quantitative estimate of drug-likeness (QED) is 0.697. The van der Waals surface area contributed by atoms with Crippen LogP contribution < -0.4 is 0 Å². The van der Waals surface area contributed by atoms with Crippen LogP contribution in [-0.4, -0.2) is 19.5 Å². The largest absolute Gasteiger partial charge is 0.501 e. The predicted octanol–water partition coefficient (Wildman–Crippen LogP) is 2.46. The second-order valence-corrected chi connectivity index (χ2v) is 3.35. The standard InChI is InChI=1S/C9H13BrO2/c1-11-8-3-7(6-10)4-9(5-8)12-2/h3,5,7H,4,6H2,1-2H3. The minimum atomic E-state index is 0.486. The van der Waals surface area contributed by atoms with Crippen molar-refractivity contribution in [3.63, 3.8) is 0 Å². The number of hydrogen-bond donors (Lipinski definition) is 0. The molecule has 0 aromatic heterocycles. The van der Waals surface area contributed by atoms with Crippen LogP contribution in [0.2, 0.25) is 0 Å². The summed E-state index contributed by atoms with van der Waals surface area (Å²) in [7, 11) is 3.36. The summed E-state index contributed by atoms with van der Waals surface area (Å²) in [6.07, 6.45) is 4.99. The summed E-state index contributed by atoms with van der Waals surface area (Å²) in [6.45, 7) is 0. The Morgan fingerprint density at radius 1 is 1.50 bits per heavy atom. The van der Waals surface area contributed by atoms with E-state index in [9.17, 15) is 0 Å². The van der Waals surface area contributed by atoms with Gasteiger partial charge in [-0.15, -0.1) is 0 Å². The highest BCUT2D eigenvalue weighted by Crippen LogP contribution is 2.24. The number of allylic oxidation sites excluding steroid dienone is 3. The summed E-state index contributed by atoms with van der Waals surface area (Å²) in [5.41, 5.74) is 0. The van der Waals surface area contributed by atoms with E-state index in [1.807, 2.05) is 6.08 Å². The zero-order valence-corrected chi connectivity index (χ0v) is 8.93. The van der Waals surface area contributed by atoms with Gasteiger partial charge in [-0.3, -0.25) is 0 Å². The van der Waals surface area contributed by atoms with E-state index in [1.54, 1.807) is 14.2 Å². The first-order chi connectivity index (χ1) is 5.80. The van der Waals surface area contributed by atoms with E-state index in [0.29, 0.717) is 5.92 Å². The smallest absolute Gasteiger partial charge is 0.118 e. The van der Waals surface area contributed by atoms with Crippen molar-refractivity contribution in [2.45, 2.75) is 6.42 Å². The second kappa shape index (κ2) is 4.55. The van der Waals surface area contributed by atoms with Gasteiger partial charge in [0.1, 0.15) is 5.76 Å². The van der Waals surface area contributed by atoms with Crippen molar-refractivity contribution in [1.29, 1.82) is 0 Å². The van der Waals surface area contributed by atoms with Gasteiger partial charge in [0.2, 0.25) is 0 Å². The van der Waals surface area contributed by atoms with Crippen LogP contribution in [0.1, 0.15) is 6.42 Å². The van der Waals surface area contributed by atoms with Gasteiger partial charge in [-0.2, -0.15) is 0 Å². The number of ether oxygens (including phenoxy) is 2. The van der Waals surface area contributed by atoms with Gasteiger partial charge < -0.3 is 9.47 Å². The van der Waals surface area contributed by atoms with Crippen molar-refractivity contribution >= 4 is 15.9 Å². The van der Waals surface area contributed by atoms with E-state index in [0.717, 1.165) is 23.3 Å². The molecule has 0 amide bonds. The highest BCUT2D eigenvalue weighted by atomic mass is 79.9. The molecule has 0 heterocycles. The van der Waals surface area contributed by atoms with Crippen LogP contribution in [0.25, 0.3) is 0 Å². The van der Waals surface area contributed by atoms with Crippen LogP contribution in [-0.2, 0) is 9.47 Å². The SMILES string of the molecule is COC1=CC(CBr)CC(OC)=C1. The van der Waals surface area contributed by atoms with E-state index in [4.69, 9.17) is 9.47 Å². The second-order valence-electron chi connectivity index (χ2n) is 2.71. The van der Waals surface area contributed by atoms with Crippen LogP contribution in [0, 0.1) is 5.92 Å². The Labute approximate surface area is 81.4 Å². The fraction of sp³-hybridized carbons (Fsp3) is 0.556. The van der Waals surface area contributed by atoms with Crippen LogP contribution in [0.5, 0.6) is 0 Å². The Morgan fingerprint density at radius 2 is 2.25 bits per heavy atom. The van der Waals surface area contributed by atoms with Gasteiger partial charge in [0.05, 0.1) is 20.0 Å². The molecule has 0 aromatic carbocycles. The van der Waals surface area contributed by atoms with Crippen LogP contribution >= 0.6 is 15.9 Å². The molecule has 0 saturated heterocycles. The zero-order chi connectivity index (χ0) is 8.97. The number of alkyl halides is 1. The molecule has 1 unspecified atom stereocenters. The van der Waals surface area contributed by atoms with Gasteiger partial charge >= 0.3 is 0 Å².